The molecule has 0 bridgehead atoms. The number of halogens is 2. The van der Waals surface area contributed by atoms with Crippen molar-refractivity contribution in [3.05, 3.63) is 23.2 Å². The first kappa shape index (κ1) is 8.75. The predicted octanol–water partition coefficient (Wildman–Crippen LogP) is 2.30. The second-order valence-corrected chi connectivity index (χ2v) is 3.48. The monoisotopic (exact) mass is 190 g/mol. The third-order valence-electron chi connectivity index (χ3n) is 1.14. The first-order valence-corrected chi connectivity index (χ1v) is 4.10. The van der Waals surface area contributed by atoms with E-state index < -0.39 is 0 Å². The van der Waals surface area contributed by atoms with Crippen molar-refractivity contribution < 1.29 is 0 Å². The minimum atomic E-state index is 0.0659. The van der Waals surface area contributed by atoms with Crippen molar-refractivity contribution in [3.63, 3.8) is 0 Å². The quantitative estimate of drug-likeness (QED) is 0.670. The van der Waals surface area contributed by atoms with E-state index in [9.17, 15) is 0 Å². The van der Waals surface area contributed by atoms with Crippen LogP contribution in [0.2, 0.25) is 5.02 Å². The SMILES string of the molecule is CC(Cl)Cc1ncc(Cl)cn1. The Morgan fingerprint density at radius 2 is 2.00 bits per heavy atom. The van der Waals surface area contributed by atoms with Crippen LogP contribution in [-0.2, 0) is 6.42 Å². The Labute approximate surface area is 75.6 Å². The first-order chi connectivity index (χ1) is 5.18. The molecule has 0 spiro atoms. The van der Waals surface area contributed by atoms with Crippen LogP contribution >= 0.6 is 23.2 Å². The van der Waals surface area contributed by atoms with Crippen molar-refractivity contribution in [2.45, 2.75) is 18.7 Å². The van der Waals surface area contributed by atoms with Gasteiger partial charge in [-0.2, -0.15) is 0 Å². The van der Waals surface area contributed by atoms with Gasteiger partial charge in [0.15, 0.2) is 0 Å². The average molecular weight is 191 g/mol. The fraction of sp³-hybridized carbons (Fsp3) is 0.429. The van der Waals surface area contributed by atoms with E-state index in [0.717, 1.165) is 5.82 Å². The van der Waals surface area contributed by atoms with Crippen molar-refractivity contribution in [2.24, 2.45) is 0 Å². The molecular formula is C7H8Cl2N2. The average Bonchev–Trinajstić information content (AvgIpc) is 1.93. The normalized spacial score (nSPS) is 13.0. The molecule has 11 heavy (non-hydrogen) atoms. The highest BCUT2D eigenvalue weighted by Gasteiger charge is 2.00. The van der Waals surface area contributed by atoms with E-state index in [4.69, 9.17) is 23.2 Å². The molecular weight excluding hydrogens is 183 g/mol. The number of hydrogen-bond acceptors (Lipinski definition) is 2. The van der Waals surface area contributed by atoms with Gasteiger partial charge in [-0.1, -0.05) is 11.6 Å². The molecule has 0 saturated carbocycles. The summed E-state index contributed by atoms with van der Waals surface area (Å²) in [5, 5.41) is 0.618. The van der Waals surface area contributed by atoms with Crippen molar-refractivity contribution in [3.8, 4) is 0 Å². The van der Waals surface area contributed by atoms with Crippen LogP contribution in [0, 0.1) is 0 Å². The van der Waals surface area contributed by atoms with Crippen molar-refractivity contribution in [1.29, 1.82) is 0 Å². The summed E-state index contributed by atoms with van der Waals surface area (Å²) in [7, 11) is 0. The van der Waals surface area contributed by atoms with Crippen LogP contribution in [0.3, 0.4) is 0 Å². The van der Waals surface area contributed by atoms with E-state index in [1.807, 2.05) is 6.92 Å². The number of rotatable bonds is 2. The lowest BCUT2D eigenvalue weighted by Crippen LogP contribution is -2.01. The molecule has 1 aromatic rings. The first-order valence-electron chi connectivity index (χ1n) is 3.29. The van der Waals surface area contributed by atoms with Gasteiger partial charge in [0.1, 0.15) is 5.82 Å². The van der Waals surface area contributed by atoms with Crippen LogP contribution in [0.5, 0.6) is 0 Å². The number of alkyl halides is 1. The van der Waals surface area contributed by atoms with E-state index in [2.05, 4.69) is 9.97 Å². The molecule has 0 aliphatic heterocycles. The predicted molar refractivity (Wildman–Crippen MR) is 46.1 cm³/mol. The maximum atomic E-state index is 5.74. The highest BCUT2D eigenvalue weighted by Crippen LogP contribution is 2.06. The Kier molecular flexibility index (Phi) is 3.09. The van der Waals surface area contributed by atoms with E-state index in [-0.39, 0.29) is 5.38 Å². The lowest BCUT2D eigenvalue weighted by atomic mass is 10.3. The summed E-state index contributed by atoms with van der Waals surface area (Å²) in [6, 6.07) is 0. The zero-order chi connectivity index (χ0) is 8.27. The molecule has 0 fully saturated rings. The zero-order valence-electron chi connectivity index (χ0n) is 6.09. The molecule has 60 valence electrons. The zero-order valence-corrected chi connectivity index (χ0v) is 7.60. The van der Waals surface area contributed by atoms with E-state index in [1.54, 1.807) is 12.4 Å². The molecule has 0 radical (unpaired) electrons. The van der Waals surface area contributed by atoms with Gasteiger partial charge in [0.05, 0.1) is 5.02 Å². The molecule has 1 rings (SSSR count). The van der Waals surface area contributed by atoms with Crippen LogP contribution in [0.4, 0.5) is 0 Å². The maximum Gasteiger partial charge on any atom is 0.129 e. The van der Waals surface area contributed by atoms with Crippen LogP contribution in [0.1, 0.15) is 12.7 Å². The van der Waals surface area contributed by atoms with Gasteiger partial charge in [-0.05, 0) is 6.92 Å². The summed E-state index contributed by atoms with van der Waals surface area (Å²) in [5.41, 5.74) is 0. The fourth-order valence-electron chi connectivity index (χ4n) is 0.696. The summed E-state index contributed by atoms with van der Waals surface area (Å²) in [6.45, 7) is 1.90. The van der Waals surface area contributed by atoms with Crippen LogP contribution in [0.15, 0.2) is 12.4 Å². The summed E-state index contributed by atoms with van der Waals surface area (Å²) in [6.07, 6.45) is 3.82. The van der Waals surface area contributed by atoms with Crippen molar-refractivity contribution in [2.75, 3.05) is 0 Å². The summed E-state index contributed by atoms with van der Waals surface area (Å²) in [5.74, 6) is 0.733. The van der Waals surface area contributed by atoms with Crippen molar-refractivity contribution >= 4 is 23.2 Å². The van der Waals surface area contributed by atoms with E-state index in [0.29, 0.717) is 11.4 Å². The number of hydrogen-bond donors (Lipinski definition) is 0. The molecule has 0 aromatic carbocycles. The molecule has 0 aliphatic rings. The molecule has 0 aliphatic carbocycles. The standard InChI is InChI=1S/C7H8Cl2N2/c1-5(8)2-7-10-3-6(9)4-11-7/h3-5H,2H2,1H3. The van der Waals surface area contributed by atoms with E-state index >= 15 is 0 Å². The molecule has 1 atom stereocenters. The third kappa shape index (κ3) is 3.04. The van der Waals surface area contributed by atoms with Gasteiger partial charge in [0.2, 0.25) is 0 Å². The molecule has 1 unspecified atom stereocenters. The number of nitrogens with zero attached hydrogens (tertiary/aromatic N) is 2. The Bertz CT molecular complexity index is 220. The van der Waals surface area contributed by atoms with E-state index in [1.165, 1.54) is 0 Å². The fourth-order valence-corrected chi connectivity index (χ4v) is 0.932. The lowest BCUT2D eigenvalue weighted by molar-refractivity contribution is 0.841. The summed E-state index contributed by atoms with van der Waals surface area (Å²) < 4.78 is 0. The minimum Gasteiger partial charge on any atom is -0.240 e. The van der Waals surface area contributed by atoms with Gasteiger partial charge in [-0.3, -0.25) is 0 Å². The molecule has 0 N–H and O–H groups in total. The van der Waals surface area contributed by atoms with Gasteiger partial charge < -0.3 is 0 Å². The van der Waals surface area contributed by atoms with Gasteiger partial charge in [0, 0.05) is 24.2 Å². The number of aromatic nitrogens is 2. The van der Waals surface area contributed by atoms with Crippen molar-refractivity contribution in [1.82, 2.24) is 9.97 Å². The molecule has 1 aromatic heterocycles. The Morgan fingerprint density at radius 1 is 1.45 bits per heavy atom. The smallest absolute Gasteiger partial charge is 0.129 e. The largest absolute Gasteiger partial charge is 0.240 e. The maximum absolute atomic E-state index is 5.74. The summed E-state index contributed by atoms with van der Waals surface area (Å²) in [4.78, 5) is 7.98. The third-order valence-corrected chi connectivity index (χ3v) is 1.49. The molecule has 0 amide bonds. The van der Waals surface area contributed by atoms with Crippen LogP contribution < -0.4 is 0 Å². The van der Waals surface area contributed by atoms with Crippen LogP contribution in [0.25, 0.3) is 0 Å². The molecule has 1 heterocycles. The van der Waals surface area contributed by atoms with Gasteiger partial charge >= 0.3 is 0 Å². The van der Waals surface area contributed by atoms with Gasteiger partial charge in [-0.15, -0.1) is 11.6 Å². The Hall–Kier alpha value is -0.340. The Morgan fingerprint density at radius 3 is 2.45 bits per heavy atom. The molecule has 2 nitrogen and oxygen atoms in total. The Balaban J connectivity index is 2.66. The highest BCUT2D eigenvalue weighted by atomic mass is 35.5. The second kappa shape index (κ2) is 3.88. The lowest BCUT2D eigenvalue weighted by Gasteiger charge is -1.99. The second-order valence-electron chi connectivity index (χ2n) is 2.30. The molecule has 4 heteroatoms. The summed E-state index contributed by atoms with van der Waals surface area (Å²) >= 11 is 11.3. The van der Waals surface area contributed by atoms with Crippen LogP contribution in [-0.4, -0.2) is 15.3 Å². The topological polar surface area (TPSA) is 25.8 Å². The van der Waals surface area contributed by atoms with Gasteiger partial charge in [0.25, 0.3) is 0 Å². The van der Waals surface area contributed by atoms with Gasteiger partial charge in [-0.25, -0.2) is 9.97 Å². The minimum absolute atomic E-state index is 0.0659. The highest BCUT2D eigenvalue weighted by molar-refractivity contribution is 6.30. The molecule has 0 saturated heterocycles.